The minimum Gasteiger partial charge on any atom is -0.228 e. The summed E-state index contributed by atoms with van der Waals surface area (Å²) in [7, 11) is 0. The van der Waals surface area contributed by atoms with Crippen LogP contribution in [0.4, 0.5) is 0 Å². The van der Waals surface area contributed by atoms with Crippen LogP contribution in [0.15, 0.2) is 231 Å². The van der Waals surface area contributed by atoms with E-state index in [1.165, 1.54) is 21.5 Å². The highest BCUT2D eigenvalue weighted by Crippen LogP contribution is 2.39. The lowest BCUT2D eigenvalue weighted by molar-refractivity contribution is 1.18. The lowest BCUT2D eigenvalue weighted by Crippen LogP contribution is -1.96. The molecule has 4 nitrogen and oxygen atoms in total. The second-order valence-corrected chi connectivity index (χ2v) is 15.4. The monoisotopic (exact) mass is 790 g/mol. The van der Waals surface area contributed by atoms with E-state index in [0.29, 0.717) is 11.6 Å². The van der Waals surface area contributed by atoms with E-state index in [2.05, 4.69) is 158 Å². The molecule has 0 unspecified atom stereocenters. The maximum atomic E-state index is 5.12. The van der Waals surface area contributed by atoms with Crippen LogP contribution in [0.3, 0.4) is 0 Å². The van der Waals surface area contributed by atoms with Gasteiger partial charge in [0.2, 0.25) is 0 Å². The van der Waals surface area contributed by atoms with Crippen LogP contribution in [0.2, 0.25) is 0 Å². The van der Waals surface area contributed by atoms with Gasteiger partial charge >= 0.3 is 0 Å². The standard InChI is InChI=1S/C58H38N4/c1-5-17-39(18-6-1)53-37-54(40-19-7-2-8-20-40)60-57(59-53)45-27-13-25-43(35-45)47-29-15-31-49-50-32-16-30-48(52(50)34-33-51(47)49)44-26-14-28-46(36-44)58-61-55(41-21-9-3-10-22-41)38-56(62-58)42-23-11-4-12-24-42/h1-38H. The predicted octanol–water partition coefficient (Wildman–Crippen LogP) is 14.9. The SMILES string of the molecule is c1ccc(-c2cc(-c3ccccc3)nc(-c3cccc(-c4cccc5c4ccc4c(-c6cccc(-c7nc(-c8ccccc8)cc(-c8ccccc8)n7)c6)cccc45)c3)n2)cc1. The molecule has 0 aliphatic rings. The van der Waals surface area contributed by atoms with E-state index in [1.54, 1.807) is 0 Å². The van der Waals surface area contributed by atoms with Gasteiger partial charge in [-0.05, 0) is 68.1 Å². The Labute approximate surface area is 360 Å². The number of fused-ring (bicyclic) bond motifs is 3. The summed E-state index contributed by atoms with van der Waals surface area (Å²) in [4.78, 5) is 20.5. The predicted molar refractivity (Wildman–Crippen MR) is 256 cm³/mol. The van der Waals surface area contributed by atoms with Crippen LogP contribution in [0.5, 0.6) is 0 Å². The minimum atomic E-state index is 0.693. The highest BCUT2D eigenvalue weighted by Gasteiger charge is 2.16. The quantitative estimate of drug-likeness (QED) is 0.144. The van der Waals surface area contributed by atoms with Crippen LogP contribution in [0.25, 0.3) is 112 Å². The zero-order valence-electron chi connectivity index (χ0n) is 33.7. The van der Waals surface area contributed by atoms with Gasteiger partial charge in [0, 0.05) is 33.4 Å². The van der Waals surface area contributed by atoms with Crippen molar-refractivity contribution in [2.45, 2.75) is 0 Å². The molecule has 11 aromatic rings. The van der Waals surface area contributed by atoms with E-state index >= 15 is 0 Å². The molecule has 0 fully saturated rings. The largest absolute Gasteiger partial charge is 0.228 e. The Morgan fingerprint density at radius 3 is 0.823 bits per heavy atom. The van der Waals surface area contributed by atoms with Crippen LogP contribution in [-0.4, -0.2) is 19.9 Å². The Bertz CT molecular complexity index is 3040. The number of hydrogen-bond acceptors (Lipinski definition) is 4. The van der Waals surface area contributed by atoms with Crippen molar-refractivity contribution >= 4 is 21.5 Å². The van der Waals surface area contributed by atoms with Crippen LogP contribution in [0, 0.1) is 0 Å². The van der Waals surface area contributed by atoms with E-state index in [1.807, 2.05) is 72.8 Å². The Balaban J connectivity index is 0.987. The molecular formula is C58H38N4. The first kappa shape index (κ1) is 36.7. The average Bonchev–Trinajstić information content (AvgIpc) is 3.36. The number of benzene rings is 9. The zero-order chi connectivity index (χ0) is 41.2. The molecule has 2 heterocycles. The Kier molecular flexibility index (Phi) is 9.49. The van der Waals surface area contributed by atoms with Crippen molar-refractivity contribution in [3.63, 3.8) is 0 Å². The van der Waals surface area contributed by atoms with Gasteiger partial charge in [0.05, 0.1) is 22.8 Å². The lowest BCUT2D eigenvalue weighted by Gasteiger charge is -2.14. The zero-order valence-corrected chi connectivity index (χ0v) is 33.7. The third kappa shape index (κ3) is 7.10. The van der Waals surface area contributed by atoms with Gasteiger partial charge in [-0.3, -0.25) is 0 Å². The Morgan fingerprint density at radius 1 is 0.194 bits per heavy atom. The molecule has 62 heavy (non-hydrogen) atoms. The number of aromatic nitrogens is 4. The highest BCUT2D eigenvalue weighted by atomic mass is 14.9. The molecule has 290 valence electrons. The number of hydrogen-bond donors (Lipinski definition) is 0. The normalized spacial score (nSPS) is 11.2. The molecule has 0 aliphatic carbocycles. The molecule has 4 heteroatoms. The second-order valence-electron chi connectivity index (χ2n) is 15.4. The molecule has 0 bridgehead atoms. The second kappa shape index (κ2) is 16.0. The van der Waals surface area contributed by atoms with Gasteiger partial charge in [0.25, 0.3) is 0 Å². The number of rotatable bonds is 8. The van der Waals surface area contributed by atoms with E-state index < -0.39 is 0 Å². The smallest absolute Gasteiger partial charge is 0.160 e. The van der Waals surface area contributed by atoms with Crippen molar-refractivity contribution in [3.05, 3.63) is 231 Å². The molecule has 2 aromatic heterocycles. The first-order valence-electron chi connectivity index (χ1n) is 20.9. The fourth-order valence-electron chi connectivity index (χ4n) is 8.46. The third-order valence-electron chi connectivity index (χ3n) is 11.5. The van der Waals surface area contributed by atoms with E-state index in [0.717, 1.165) is 78.4 Å². The fourth-order valence-corrected chi connectivity index (χ4v) is 8.46. The van der Waals surface area contributed by atoms with Gasteiger partial charge < -0.3 is 0 Å². The van der Waals surface area contributed by atoms with Crippen molar-refractivity contribution < 1.29 is 0 Å². The van der Waals surface area contributed by atoms with Crippen molar-refractivity contribution in [2.75, 3.05) is 0 Å². The maximum absolute atomic E-state index is 5.12. The van der Waals surface area contributed by atoms with Crippen LogP contribution in [-0.2, 0) is 0 Å². The van der Waals surface area contributed by atoms with Crippen LogP contribution in [0.1, 0.15) is 0 Å². The average molecular weight is 791 g/mol. The molecule has 0 saturated carbocycles. The van der Waals surface area contributed by atoms with Gasteiger partial charge in [0.15, 0.2) is 11.6 Å². The molecule has 11 rings (SSSR count). The first-order valence-corrected chi connectivity index (χ1v) is 20.9. The van der Waals surface area contributed by atoms with Gasteiger partial charge in [-0.2, -0.15) is 0 Å². The summed E-state index contributed by atoms with van der Waals surface area (Å²) in [5.74, 6) is 1.39. The van der Waals surface area contributed by atoms with Gasteiger partial charge in [-0.15, -0.1) is 0 Å². The molecule has 0 N–H and O–H groups in total. The van der Waals surface area contributed by atoms with E-state index in [-0.39, 0.29) is 0 Å². The van der Waals surface area contributed by atoms with Gasteiger partial charge in [0.1, 0.15) is 0 Å². The molecule has 0 atom stereocenters. The Morgan fingerprint density at radius 2 is 0.484 bits per heavy atom. The summed E-state index contributed by atoms with van der Waals surface area (Å²) in [6, 6.07) is 80.5. The molecule has 0 saturated heterocycles. The van der Waals surface area contributed by atoms with Crippen molar-refractivity contribution in [1.29, 1.82) is 0 Å². The molecular weight excluding hydrogens is 753 g/mol. The summed E-state index contributed by atoms with van der Waals surface area (Å²) < 4.78 is 0. The van der Waals surface area contributed by atoms with Crippen LogP contribution >= 0.6 is 0 Å². The maximum Gasteiger partial charge on any atom is 0.160 e. The molecule has 0 aliphatic heterocycles. The van der Waals surface area contributed by atoms with Gasteiger partial charge in [-0.1, -0.05) is 206 Å². The summed E-state index contributed by atoms with van der Waals surface area (Å²) >= 11 is 0. The third-order valence-corrected chi connectivity index (χ3v) is 11.5. The van der Waals surface area contributed by atoms with E-state index in [9.17, 15) is 0 Å². The summed E-state index contributed by atoms with van der Waals surface area (Å²) in [5, 5.41) is 4.77. The van der Waals surface area contributed by atoms with Crippen LogP contribution < -0.4 is 0 Å². The Hall–Kier alpha value is -8.34. The van der Waals surface area contributed by atoms with E-state index in [4.69, 9.17) is 19.9 Å². The summed E-state index contributed by atoms with van der Waals surface area (Å²) in [6.45, 7) is 0. The highest BCUT2D eigenvalue weighted by molar-refractivity contribution is 6.15. The minimum absolute atomic E-state index is 0.693. The molecule has 0 spiro atoms. The topological polar surface area (TPSA) is 51.6 Å². The van der Waals surface area contributed by atoms with Crippen molar-refractivity contribution in [1.82, 2.24) is 19.9 Å². The van der Waals surface area contributed by atoms with Gasteiger partial charge in [-0.25, -0.2) is 19.9 Å². The van der Waals surface area contributed by atoms with Crippen molar-refractivity contribution in [2.24, 2.45) is 0 Å². The summed E-state index contributed by atoms with van der Waals surface area (Å²) in [6.07, 6.45) is 0. The number of nitrogens with zero attached hydrogens (tertiary/aromatic N) is 4. The first-order chi connectivity index (χ1) is 30.7. The molecule has 0 radical (unpaired) electrons. The fraction of sp³-hybridized carbons (Fsp3) is 0. The molecule has 0 amide bonds. The summed E-state index contributed by atoms with van der Waals surface area (Å²) in [5.41, 5.74) is 14.3. The lowest BCUT2D eigenvalue weighted by atomic mass is 9.91. The van der Waals surface area contributed by atoms with Crippen molar-refractivity contribution in [3.8, 4) is 90.1 Å². The molecule has 9 aromatic carbocycles.